The van der Waals surface area contributed by atoms with Gasteiger partial charge in [0.05, 0.1) is 13.2 Å². The van der Waals surface area contributed by atoms with E-state index in [1.807, 2.05) is 0 Å². The number of carbonyl (C=O) groups excluding carboxylic acids is 2. The molecule has 3 N–H and O–H groups in total. The van der Waals surface area contributed by atoms with Gasteiger partial charge in [0.1, 0.15) is 6.61 Å². The molecule has 0 saturated heterocycles. The van der Waals surface area contributed by atoms with Gasteiger partial charge in [-0.1, -0.05) is 367 Å². The molecule has 91 heavy (non-hydrogen) atoms. The number of ether oxygens (including phenoxy) is 2. The van der Waals surface area contributed by atoms with Gasteiger partial charge in [0, 0.05) is 19.4 Å². The number of carbonyl (C=O) groups is 2. The molecule has 0 heterocycles. The third-order valence-electron chi connectivity index (χ3n) is 16.4. The molecule has 2 atom stereocenters. The van der Waals surface area contributed by atoms with Gasteiger partial charge in [-0.15, -0.1) is 0 Å². The summed E-state index contributed by atoms with van der Waals surface area (Å²) in [6.45, 7) is 3.61. The highest BCUT2D eigenvalue weighted by Crippen LogP contribution is 2.43. The van der Waals surface area contributed by atoms with Crippen LogP contribution >= 0.6 is 7.82 Å². The van der Waals surface area contributed by atoms with E-state index < -0.39 is 32.5 Å². The Morgan fingerprint density at radius 2 is 0.604 bits per heavy atom. The van der Waals surface area contributed by atoms with Crippen LogP contribution in [0.4, 0.5) is 0 Å². The summed E-state index contributed by atoms with van der Waals surface area (Å²) in [6, 6.07) is 0. The fourth-order valence-corrected chi connectivity index (χ4v) is 11.6. The molecule has 0 aliphatic heterocycles. The highest BCUT2D eigenvalue weighted by atomic mass is 31.2. The Kier molecular flexibility index (Phi) is 72.5. The van der Waals surface area contributed by atoms with Gasteiger partial charge in [0.25, 0.3) is 0 Å². The summed E-state index contributed by atoms with van der Waals surface area (Å²) in [5.74, 6) is -0.874. The molecule has 0 aliphatic carbocycles. The average Bonchev–Trinajstić information content (AvgIpc) is 3.74. The number of nitrogens with two attached hydrogens (primary N) is 1. The molecule has 9 nitrogen and oxygen atoms in total. The van der Waals surface area contributed by atoms with Crippen molar-refractivity contribution in [2.24, 2.45) is 5.73 Å². The van der Waals surface area contributed by atoms with Crippen LogP contribution in [-0.4, -0.2) is 49.3 Å². The van der Waals surface area contributed by atoms with E-state index in [1.54, 1.807) is 0 Å². The minimum Gasteiger partial charge on any atom is -0.462 e. The van der Waals surface area contributed by atoms with Crippen LogP contribution in [0, 0.1) is 0 Å². The normalized spacial score (nSPS) is 13.6. The second kappa shape index (κ2) is 75.4. The van der Waals surface area contributed by atoms with E-state index in [0.29, 0.717) is 6.42 Å². The number of unbranched alkanes of at least 4 members (excludes halogenated alkanes) is 38. The van der Waals surface area contributed by atoms with Gasteiger partial charge in [-0.05, 0) is 89.9 Å². The summed E-state index contributed by atoms with van der Waals surface area (Å²) >= 11 is 0. The molecule has 0 rings (SSSR count). The van der Waals surface area contributed by atoms with Crippen molar-refractivity contribution in [3.05, 3.63) is 122 Å². The average molecular weight is 1290 g/mol. The lowest BCUT2D eigenvalue weighted by molar-refractivity contribution is -0.161. The first kappa shape index (κ1) is 87.4. The van der Waals surface area contributed by atoms with Crippen molar-refractivity contribution in [3.63, 3.8) is 0 Å². The molecule has 0 aromatic heterocycles. The van der Waals surface area contributed by atoms with Crippen LogP contribution in [0.2, 0.25) is 0 Å². The summed E-state index contributed by atoms with van der Waals surface area (Å²) in [4.78, 5) is 35.4. The molecule has 0 radical (unpaired) electrons. The minimum absolute atomic E-state index is 0.0412. The number of rotatable bonds is 71. The summed E-state index contributed by atoms with van der Waals surface area (Å²) in [5, 5.41) is 0. The molecule has 0 aliphatic rings. The van der Waals surface area contributed by atoms with Crippen LogP contribution in [0.1, 0.15) is 348 Å². The number of phosphoric acid groups is 1. The van der Waals surface area contributed by atoms with Crippen molar-refractivity contribution in [2.75, 3.05) is 26.4 Å². The topological polar surface area (TPSA) is 134 Å². The number of esters is 2. The zero-order chi connectivity index (χ0) is 65.8. The zero-order valence-corrected chi connectivity index (χ0v) is 59.9. The molecule has 0 fully saturated rings. The van der Waals surface area contributed by atoms with Crippen LogP contribution in [0.5, 0.6) is 0 Å². The molecule has 0 saturated carbocycles. The van der Waals surface area contributed by atoms with Crippen molar-refractivity contribution in [3.8, 4) is 0 Å². The van der Waals surface area contributed by atoms with E-state index in [2.05, 4.69) is 135 Å². The standard InChI is InChI=1S/C81H142NO8P/c1-3-5-7-9-11-13-15-17-19-21-23-25-27-29-31-33-35-37-38-39-40-42-43-45-47-49-51-53-55-57-59-61-63-65-67-69-71-73-80(83)87-77-79(78-89-91(85,86)88-76-75-82)90-81(84)74-72-70-68-66-64-62-60-58-56-54-52-50-48-46-44-41-36-34-32-30-28-26-24-22-20-18-16-14-12-10-8-6-4-2/h6,8,12,14,18,20,24,26,30,32,36,41,46,48,52,54,58,60,64,66,79H,3-5,7,9-11,13,15-17,19,21-23,25,27-29,31,33-35,37-40,42-45,47,49-51,53,55-57,59,61-63,65,67-78,82H2,1-2H3,(H,85,86)/b8-6-,14-12-,20-18-,26-24-,32-30-,41-36-,48-46-,54-52-,60-58-,66-64-. The first-order valence-electron chi connectivity index (χ1n) is 38.0. The smallest absolute Gasteiger partial charge is 0.462 e. The zero-order valence-electron chi connectivity index (χ0n) is 59.1. The lowest BCUT2D eigenvalue weighted by Gasteiger charge is -2.19. The van der Waals surface area contributed by atoms with Gasteiger partial charge in [-0.25, -0.2) is 4.57 Å². The van der Waals surface area contributed by atoms with E-state index >= 15 is 0 Å². The minimum atomic E-state index is -4.42. The highest BCUT2D eigenvalue weighted by Gasteiger charge is 2.26. The fraction of sp³-hybridized carbons (Fsp3) is 0.728. The van der Waals surface area contributed by atoms with Crippen LogP contribution in [0.25, 0.3) is 0 Å². The van der Waals surface area contributed by atoms with Gasteiger partial charge < -0.3 is 20.1 Å². The quantitative estimate of drug-likeness (QED) is 0.0264. The van der Waals surface area contributed by atoms with Gasteiger partial charge >= 0.3 is 19.8 Å². The Morgan fingerprint density at radius 3 is 0.901 bits per heavy atom. The largest absolute Gasteiger partial charge is 0.472 e. The molecular formula is C81H142NO8P. The van der Waals surface area contributed by atoms with Gasteiger partial charge in [0.2, 0.25) is 0 Å². The van der Waals surface area contributed by atoms with E-state index in [0.717, 1.165) is 96.3 Å². The molecule has 0 aromatic carbocycles. The Balaban J connectivity index is 3.91. The molecule has 0 aromatic rings. The third kappa shape index (κ3) is 75.3. The molecule has 0 bridgehead atoms. The highest BCUT2D eigenvalue weighted by molar-refractivity contribution is 7.47. The lowest BCUT2D eigenvalue weighted by Crippen LogP contribution is -2.29. The van der Waals surface area contributed by atoms with E-state index in [4.69, 9.17) is 24.3 Å². The number of phosphoric ester groups is 1. The molecule has 0 amide bonds. The maximum absolute atomic E-state index is 12.8. The Bertz CT molecular complexity index is 1910. The summed E-state index contributed by atoms with van der Waals surface area (Å²) in [5.41, 5.74) is 5.40. The maximum atomic E-state index is 12.8. The van der Waals surface area contributed by atoms with Crippen molar-refractivity contribution < 1.29 is 37.6 Å². The van der Waals surface area contributed by atoms with Crippen LogP contribution in [-0.2, 0) is 32.7 Å². The second-order valence-corrected chi connectivity index (χ2v) is 26.6. The first-order valence-corrected chi connectivity index (χ1v) is 39.5. The van der Waals surface area contributed by atoms with Crippen LogP contribution < -0.4 is 5.73 Å². The maximum Gasteiger partial charge on any atom is 0.472 e. The van der Waals surface area contributed by atoms with Crippen molar-refractivity contribution in [2.45, 2.75) is 354 Å². The number of allylic oxidation sites excluding steroid dienone is 20. The number of hydrogen-bond donors (Lipinski definition) is 2. The molecule has 524 valence electrons. The molecule has 0 spiro atoms. The number of hydrogen-bond acceptors (Lipinski definition) is 8. The predicted octanol–water partition coefficient (Wildman–Crippen LogP) is 25.4. The van der Waals surface area contributed by atoms with E-state index in [-0.39, 0.29) is 32.6 Å². The lowest BCUT2D eigenvalue weighted by atomic mass is 10.0. The molecule has 10 heteroatoms. The fourth-order valence-electron chi connectivity index (χ4n) is 10.8. The summed E-state index contributed by atoms with van der Waals surface area (Å²) in [6.07, 6.45) is 106. The predicted molar refractivity (Wildman–Crippen MR) is 394 cm³/mol. The monoisotopic (exact) mass is 1290 g/mol. The summed E-state index contributed by atoms with van der Waals surface area (Å²) < 4.78 is 33.2. The molecular weight excluding hydrogens is 1150 g/mol. The SMILES string of the molecule is CC/C=C\C/C=C\C/C=C\C/C=C\C/C=C\C/C=C\C/C=C\C/C=C\C/C=C\C/C=C\CCCCC(=O)OC(COC(=O)CCCCCCCCCCCCCCCCCCCCCCCCCCCCCCCCCCCCCCC)COP(=O)(O)OCCN. The van der Waals surface area contributed by atoms with Crippen molar-refractivity contribution >= 4 is 19.8 Å². The Labute approximate surface area is 561 Å². The van der Waals surface area contributed by atoms with Gasteiger partial charge in [-0.2, -0.15) is 0 Å². The van der Waals surface area contributed by atoms with Gasteiger partial charge in [0.15, 0.2) is 6.10 Å². The third-order valence-corrected chi connectivity index (χ3v) is 17.3. The van der Waals surface area contributed by atoms with Crippen molar-refractivity contribution in [1.29, 1.82) is 0 Å². The van der Waals surface area contributed by atoms with Gasteiger partial charge in [-0.3, -0.25) is 18.6 Å². The van der Waals surface area contributed by atoms with Crippen LogP contribution in [0.3, 0.4) is 0 Å². The molecule has 2 unspecified atom stereocenters. The van der Waals surface area contributed by atoms with Crippen molar-refractivity contribution in [1.82, 2.24) is 0 Å². The Hall–Kier alpha value is -3.59. The Morgan fingerprint density at radius 1 is 0.341 bits per heavy atom. The van der Waals surface area contributed by atoms with Crippen LogP contribution in [0.15, 0.2) is 122 Å². The first-order chi connectivity index (χ1) is 44.8. The van der Waals surface area contributed by atoms with E-state index in [9.17, 15) is 19.0 Å². The second-order valence-electron chi connectivity index (χ2n) is 25.1. The summed E-state index contributed by atoms with van der Waals surface area (Å²) in [7, 11) is -4.42. The van der Waals surface area contributed by atoms with E-state index in [1.165, 1.54) is 218 Å².